The van der Waals surface area contributed by atoms with Crippen LogP contribution in [0.3, 0.4) is 0 Å². The summed E-state index contributed by atoms with van der Waals surface area (Å²) < 4.78 is 5.71. The number of nitrogens with one attached hydrogen (secondary N) is 2. The van der Waals surface area contributed by atoms with E-state index in [4.69, 9.17) is 15.9 Å². The van der Waals surface area contributed by atoms with Crippen molar-refractivity contribution in [3.8, 4) is 39.1 Å². The molecule has 0 fully saturated rings. The maximum atomic E-state index is 9.02. The molecule has 0 bridgehead atoms. The van der Waals surface area contributed by atoms with Crippen molar-refractivity contribution < 1.29 is 4.74 Å². The summed E-state index contributed by atoms with van der Waals surface area (Å²) in [6.07, 6.45) is 4.05. The molecule has 1 unspecified atom stereocenters. The molecule has 0 saturated carbocycles. The van der Waals surface area contributed by atoms with Gasteiger partial charge in [-0.1, -0.05) is 218 Å². The molecule has 0 aliphatic rings. The lowest BCUT2D eigenvalue weighted by molar-refractivity contribution is 0.416. The maximum Gasteiger partial charge on any atom is 0.126 e. The Kier molecular flexibility index (Phi) is 14.0. The van der Waals surface area contributed by atoms with Crippen LogP contribution in [0.1, 0.15) is 39.4 Å². The highest BCUT2D eigenvalue weighted by Gasteiger charge is 2.15. The molecule has 0 heterocycles. The van der Waals surface area contributed by atoms with Gasteiger partial charge in [0.25, 0.3) is 0 Å². The fourth-order valence-electron chi connectivity index (χ4n) is 8.18. The van der Waals surface area contributed by atoms with Crippen LogP contribution in [0.25, 0.3) is 55.4 Å². The molecule has 0 saturated heterocycles. The number of aryl methyl sites for hydroxylation is 1. The molecule has 4 N–H and O–H groups in total. The molecule has 4 heteroatoms. The number of methoxy groups -OCH3 is 1. The van der Waals surface area contributed by atoms with Crippen LogP contribution in [-0.2, 0) is 0 Å². The van der Waals surface area contributed by atoms with Crippen LogP contribution in [0.4, 0.5) is 0 Å². The van der Waals surface area contributed by atoms with Crippen LogP contribution >= 0.6 is 0 Å². The van der Waals surface area contributed by atoms with E-state index in [1.165, 1.54) is 27.5 Å². The highest BCUT2D eigenvalue weighted by Crippen LogP contribution is 2.39. The number of hydrogen-bond donors (Lipinski definition) is 3. The Labute approximate surface area is 383 Å². The van der Waals surface area contributed by atoms with E-state index in [0.717, 1.165) is 67.1 Å². The van der Waals surface area contributed by atoms with Crippen molar-refractivity contribution in [2.75, 3.05) is 14.2 Å². The first-order valence-electron chi connectivity index (χ1n) is 21.9. The average molecular weight is 844 g/mol. The molecule has 1 atom stereocenters. The summed E-state index contributed by atoms with van der Waals surface area (Å²) in [7, 11) is 3.66. The molecule has 9 rings (SSSR count). The Hall–Kier alpha value is -8.05. The SMILES string of the molecule is CNC(/C=C(\N)c1ccccc1)c1ccccc1.COc1ccccc1-c1ccc(-c2ccc(/C(=C\C(=N)c3ccccc3)c3cccc4ccccc34)cc2)c(-c2ccc(C)cc2)c1. The van der Waals surface area contributed by atoms with Crippen molar-refractivity contribution in [3.63, 3.8) is 0 Å². The second-order valence-corrected chi connectivity index (χ2v) is 15.9. The minimum atomic E-state index is 0.131. The smallest absolute Gasteiger partial charge is 0.126 e. The van der Waals surface area contributed by atoms with Crippen molar-refractivity contribution >= 4 is 27.8 Å². The van der Waals surface area contributed by atoms with Crippen molar-refractivity contribution in [3.05, 3.63) is 270 Å². The summed E-state index contributed by atoms with van der Waals surface area (Å²) in [6, 6.07) is 77.6. The van der Waals surface area contributed by atoms with Crippen LogP contribution in [0.15, 0.2) is 237 Å². The van der Waals surface area contributed by atoms with E-state index in [9.17, 15) is 0 Å². The minimum absolute atomic E-state index is 0.131. The van der Waals surface area contributed by atoms with Crippen LogP contribution in [0, 0.1) is 12.3 Å². The van der Waals surface area contributed by atoms with E-state index in [2.05, 4.69) is 146 Å². The van der Waals surface area contributed by atoms with Crippen LogP contribution in [0.2, 0.25) is 0 Å². The standard InChI is InChI=1S/C45H35NO.C16H18N2/c1-31-19-21-34(22-20-31)42-29-37(40-16-8-9-18-45(40)47-2)27-28-39(42)33-23-25-35(26-24-33)43(30-44(46)36-12-4-3-5-13-36)41-17-10-14-32-11-6-7-15-38(32)41;1-18-16(14-10-6-3-7-11-14)12-15(17)13-8-4-2-5-9-13/h3-30,46H,1-2H3;2-12,16,18H,17H2,1H3/b43-30+,46-44?;15-12-. The van der Waals surface area contributed by atoms with Gasteiger partial charge in [0.1, 0.15) is 5.75 Å². The predicted molar refractivity (Wildman–Crippen MR) is 275 cm³/mol. The van der Waals surface area contributed by atoms with Crippen molar-refractivity contribution in [1.82, 2.24) is 5.32 Å². The lowest BCUT2D eigenvalue weighted by Crippen LogP contribution is -2.15. The molecule has 0 aliphatic carbocycles. The summed E-state index contributed by atoms with van der Waals surface area (Å²) in [5.74, 6) is 0.855. The molecule has 0 aromatic heterocycles. The number of hydrogen-bond acceptors (Lipinski definition) is 4. The fourth-order valence-corrected chi connectivity index (χ4v) is 8.18. The zero-order chi connectivity index (χ0) is 45.0. The molecule has 0 amide bonds. The molecule has 318 valence electrons. The normalized spacial score (nSPS) is 11.9. The second kappa shape index (κ2) is 20.9. The zero-order valence-corrected chi connectivity index (χ0v) is 37.1. The fraction of sp³-hybridized carbons (Fsp3) is 0.0656. The molecule has 0 aliphatic heterocycles. The lowest BCUT2D eigenvalue weighted by atomic mass is 9.88. The van der Waals surface area contributed by atoms with Gasteiger partial charge < -0.3 is 21.2 Å². The van der Waals surface area contributed by atoms with Crippen LogP contribution in [0.5, 0.6) is 5.75 Å². The van der Waals surface area contributed by atoms with E-state index < -0.39 is 0 Å². The lowest BCUT2D eigenvalue weighted by Gasteiger charge is -2.16. The van der Waals surface area contributed by atoms with Crippen molar-refractivity contribution in [2.24, 2.45) is 5.73 Å². The van der Waals surface area contributed by atoms with Gasteiger partial charge in [-0.25, -0.2) is 0 Å². The molecule has 0 radical (unpaired) electrons. The third-order valence-corrected chi connectivity index (χ3v) is 11.7. The summed E-state index contributed by atoms with van der Waals surface area (Å²) >= 11 is 0. The quantitative estimate of drug-likeness (QED) is 0.107. The van der Waals surface area contributed by atoms with Crippen molar-refractivity contribution in [1.29, 1.82) is 5.41 Å². The molecule has 65 heavy (non-hydrogen) atoms. The maximum absolute atomic E-state index is 9.02. The largest absolute Gasteiger partial charge is 0.496 e. The molecule has 9 aromatic rings. The number of fused-ring (bicyclic) bond motifs is 1. The first-order chi connectivity index (χ1) is 31.9. The van der Waals surface area contributed by atoms with Gasteiger partial charge in [0, 0.05) is 11.3 Å². The van der Waals surface area contributed by atoms with E-state index in [0.29, 0.717) is 5.71 Å². The Bertz CT molecular complexity index is 3060. The Morgan fingerprint density at radius 3 is 1.80 bits per heavy atom. The number of para-hydroxylation sites is 1. The van der Waals surface area contributed by atoms with Gasteiger partial charge in [0.05, 0.1) is 18.9 Å². The summed E-state index contributed by atoms with van der Waals surface area (Å²) in [6.45, 7) is 2.12. The highest BCUT2D eigenvalue weighted by atomic mass is 16.5. The van der Waals surface area contributed by atoms with Gasteiger partial charge in [-0.3, -0.25) is 0 Å². The number of likely N-dealkylation sites (N-methyl/N-ethyl adjacent to an activating group) is 1. The summed E-state index contributed by atoms with van der Waals surface area (Å²) in [5.41, 5.74) is 21.8. The van der Waals surface area contributed by atoms with Crippen molar-refractivity contribution in [2.45, 2.75) is 13.0 Å². The van der Waals surface area contributed by atoms with Crippen LogP contribution in [-0.4, -0.2) is 19.9 Å². The molecule has 9 aromatic carbocycles. The average Bonchev–Trinajstić information content (AvgIpc) is 3.38. The Morgan fingerprint density at radius 1 is 0.538 bits per heavy atom. The van der Waals surface area contributed by atoms with Gasteiger partial charge in [-0.15, -0.1) is 0 Å². The number of benzene rings is 9. The Balaban J connectivity index is 0.000000268. The monoisotopic (exact) mass is 843 g/mol. The number of rotatable bonds is 12. The van der Waals surface area contributed by atoms with E-state index in [1.54, 1.807) is 7.11 Å². The Morgan fingerprint density at radius 2 is 1.11 bits per heavy atom. The predicted octanol–water partition coefficient (Wildman–Crippen LogP) is 14.6. The van der Waals surface area contributed by atoms with E-state index in [1.807, 2.05) is 110 Å². The van der Waals surface area contributed by atoms with E-state index >= 15 is 0 Å². The number of allylic oxidation sites excluding steroid dienone is 1. The number of nitrogens with two attached hydrogens (primary N) is 1. The van der Waals surface area contributed by atoms with E-state index in [-0.39, 0.29) is 6.04 Å². The van der Waals surface area contributed by atoms with Gasteiger partial charge in [0.15, 0.2) is 0 Å². The second-order valence-electron chi connectivity index (χ2n) is 15.9. The molecule has 4 nitrogen and oxygen atoms in total. The molecular formula is C61H53N3O. The summed E-state index contributed by atoms with van der Waals surface area (Å²) in [5, 5.41) is 14.6. The first-order valence-corrected chi connectivity index (χ1v) is 21.9. The topological polar surface area (TPSA) is 71.1 Å². The third kappa shape index (κ3) is 10.4. The van der Waals surface area contributed by atoms with Gasteiger partial charge in [0.2, 0.25) is 0 Å². The number of ether oxygens (including phenoxy) is 1. The minimum Gasteiger partial charge on any atom is -0.496 e. The third-order valence-electron chi connectivity index (χ3n) is 11.7. The highest BCUT2D eigenvalue weighted by molar-refractivity contribution is 6.13. The van der Waals surface area contributed by atoms with Crippen LogP contribution < -0.4 is 15.8 Å². The first kappa shape index (κ1) is 43.6. The summed E-state index contributed by atoms with van der Waals surface area (Å²) in [4.78, 5) is 0. The molecule has 0 spiro atoms. The zero-order valence-electron chi connectivity index (χ0n) is 37.1. The van der Waals surface area contributed by atoms with Gasteiger partial charge >= 0.3 is 0 Å². The van der Waals surface area contributed by atoms with Gasteiger partial charge in [-0.05, 0) is 110 Å². The van der Waals surface area contributed by atoms with Gasteiger partial charge in [-0.2, -0.15) is 0 Å². The molecular weight excluding hydrogens is 791 g/mol.